The van der Waals surface area contributed by atoms with Gasteiger partial charge in [0.15, 0.2) is 0 Å². The van der Waals surface area contributed by atoms with Crippen molar-refractivity contribution in [3.8, 4) is 0 Å². The molecule has 1 aromatic rings. The van der Waals surface area contributed by atoms with Gasteiger partial charge in [0.2, 0.25) is 0 Å². The Bertz CT molecular complexity index is 416. The fourth-order valence-electron chi connectivity index (χ4n) is 3.44. The van der Waals surface area contributed by atoms with Gasteiger partial charge in [0.05, 0.1) is 12.7 Å². The molecule has 1 aromatic carbocycles. The molecule has 1 unspecified atom stereocenters. The molecule has 2 aliphatic heterocycles. The first-order valence-electron chi connectivity index (χ1n) is 8.39. The van der Waals surface area contributed by atoms with Crippen LogP contribution in [0.25, 0.3) is 0 Å². The molecule has 0 saturated carbocycles. The molecular formula is C18H28N2O. The summed E-state index contributed by atoms with van der Waals surface area (Å²) in [7, 11) is 2.28. The molecule has 0 aliphatic carbocycles. The lowest BCUT2D eigenvalue weighted by molar-refractivity contribution is -0.0647. The summed E-state index contributed by atoms with van der Waals surface area (Å²) < 4.78 is 5.96. The highest BCUT2D eigenvalue weighted by atomic mass is 16.5. The van der Waals surface area contributed by atoms with Crippen LogP contribution in [0.15, 0.2) is 30.3 Å². The van der Waals surface area contributed by atoms with Crippen molar-refractivity contribution in [3.05, 3.63) is 35.9 Å². The number of benzene rings is 1. The standard InChI is InChI=1S/C18H28N2O/c1-19-11-6-5-9-17(19)10-12-20-13-18(14-20)21-15-16-7-3-2-4-8-16/h2-4,7-8,17-18H,5-6,9-15H2,1H3. The van der Waals surface area contributed by atoms with E-state index in [2.05, 4.69) is 47.2 Å². The van der Waals surface area contributed by atoms with Crippen molar-refractivity contribution >= 4 is 0 Å². The van der Waals surface area contributed by atoms with Crippen molar-refractivity contribution < 1.29 is 4.74 Å². The van der Waals surface area contributed by atoms with E-state index in [4.69, 9.17) is 4.74 Å². The van der Waals surface area contributed by atoms with Crippen LogP contribution in [0.5, 0.6) is 0 Å². The third-order valence-corrected chi connectivity index (χ3v) is 4.95. The summed E-state index contributed by atoms with van der Waals surface area (Å²) in [6.45, 7) is 5.50. The highest BCUT2D eigenvalue weighted by Crippen LogP contribution is 2.20. The van der Waals surface area contributed by atoms with Crippen LogP contribution in [-0.2, 0) is 11.3 Å². The summed E-state index contributed by atoms with van der Waals surface area (Å²) in [6, 6.07) is 11.3. The van der Waals surface area contributed by atoms with E-state index >= 15 is 0 Å². The van der Waals surface area contributed by atoms with Gasteiger partial charge in [-0.15, -0.1) is 0 Å². The van der Waals surface area contributed by atoms with Crippen LogP contribution in [0.1, 0.15) is 31.2 Å². The van der Waals surface area contributed by atoms with E-state index < -0.39 is 0 Å². The first-order chi connectivity index (χ1) is 10.3. The predicted octanol–water partition coefficient (Wildman–Crippen LogP) is 2.76. The first-order valence-corrected chi connectivity index (χ1v) is 8.39. The zero-order valence-electron chi connectivity index (χ0n) is 13.2. The molecule has 2 saturated heterocycles. The van der Waals surface area contributed by atoms with Crippen molar-refractivity contribution in [2.45, 2.75) is 44.4 Å². The van der Waals surface area contributed by atoms with Crippen molar-refractivity contribution in [1.29, 1.82) is 0 Å². The van der Waals surface area contributed by atoms with Crippen molar-refractivity contribution in [3.63, 3.8) is 0 Å². The van der Waals surface area contributed by atoms with Crippen LogP contribution in [0.4, 0.5) is 0 Å². The van der Waals surface area contributed by atoms with Gasteiger partial charge in [-0.3, -0.25) is 4.90 Å². The maximum atomic E-state index is 5.96. The number of piperidine rings is 1. The number of ether oxygens (including phenoxy) is 1. The number of likely N-dealkylation sites (tertiary alicyclic amines) is 2. The number of rotatable bonds is 6. The van der Waals surface area contributed by atoms with Crippen LogP contribution in [0, 0.1) is 0 Å². The topological polar surface area (TPSA) is 15.7 Å². The highest BCUT2D eigenvalue weighted by Gasteiger charge is 2.28. The van der Waals surface area contributed by atoms with E-state index in [0.717, 1.165) is 25.7 Å². The molecule has 116 valence electrons. The van der Waals surface area contributed by atoms with Crippen LogP contribution in [-0.4, -0.2) is 55.2 Å². The van der Waals surface area contributed by atoms with E-state index in [1.165, 1.54) is 44.3 Å². The molecule has 1 atom stereocenters. The second-order valence-electron chi connectivity index (χ2n) is 6.60. The van der Waals surface area contributed by atoms with E-state index in [0.29, 0.717) is 6.10 Å². The fourth-order valence-corrected chi connectivity index (χ4v) is 3.44. The monoisotopic (exact) mass is 288 g/mol. The minimum absolute atomic E-state index is 0.439. The van der Waals surface area contributed by atoms with Crippen LogP contribution < -0.4 is 0 Å². The lowest BCUT2D eigenvalue weighted by Gasteiger charge is -2.41. The lowest BCUT2D eigenvalue weighted by atomic mass is 9.99. The van der Waals surface area contributed by atoms with Crippen molar-refractivity contribution in [2.75, 3.05) is 33.2 Å². The van der Waals surface area contributed by atoms with Gasteiger partial charge in [0.1, 0.15) is 0 Å². The molecule has 0 amide bonds. The Balaban J connectivity index is 1.29. The Morgan fingerprint density at radius 3 is 2.71 bits per heavy atom. The Morgan fingerprint density at radius 2 is 1.95 bits per heavy atom. The molecule has 3 rings (SSSR count). The molecule has 3 heteroatoms. The first kappa shape index (κ1) is 15.0. The number of nitrogens with zero attached hydrogens (tertiary/aromatic N) is 2. The van der Waals surface area contributed by atoms with Crippen LogP contribution in [0.2, 0.25) is 0 Å². The summed E-state index contributed by atoms with van der Waals surface area (Å²) in [4.78, 5) is 5.09. The Hall–Kier alpha value is -0.900. The third-order valence-electron chi connectivity index (χ3n) is 4.95. The van der Waals surface area contributed by atoms with E-state index in [1.807, 2.05) is 0 Å². The molecule has 2 heterocycles. The maximum Gasteiger partial charge on any atom is 0.0833 e. The molecule has 21 heavy (non-hydrogen) atoms. The predicted molar refractivity (Wildman–Crippen MR) is 86.3 cm³/mol. The largest absolute Gasteiger partial charge is 0.371 e. The van der Waals surface area contributed by atoms with Gasteiger partial charge in [0, 0.05) is 19.1 Å². The molecule has 0 N–H and O–H groups in total. The molecular weight excluding hydrogens is 260 g/mol. The van der Waals surface area contributed by atoms with Crippen molar-refractivity contribution in [1.82, 2.24) is 9.80 Å². The van der Waals surface area contributed by atoms with E-state index in [9.17, 15) is 0 Å². The van der Waals surface area contributed by atoms with Gasteiger partial charge in [-0.25, -0.2) is 0 Å². The maximum absolute atomic E-state index is 5.96. The molecule has 0 spiro atoms. The molecule has 3 nitrogen and oxygen atoms in total. The molecule has 2 fully saturated rings. The molecule has 2 aliphatic rings. The zero-order valence-corrected chi connectivity index (χ0v) is 13.2. The average Bonchev–Trinajstić information content (AvgIpc) is 2.48. The van der Waals surface area contributed by atoms with Crippen LogP contribution in [0.3, 0.4) is 0 Å². The molecule has 0 bridgehead atoms. The minimum Gasteiger partial charge on any atom is -0.371 e. The normalized spacial score (nSPS) is 24.9. The summed E-state index contributed by atoms with van der Waals surface area (Å²) in [5, 5.41) is 0. The molecule has 0 aromatic heterocycles. The summed E-state index contributed by atoms with van der Waals surface area (Å²) in [5.41, 5.74) is 1.28. The second-order valence-corrected chi connectivity index (χ2v) is 6.60. The number of hydrogen-bond donors (Lipinski definition) is 0. The summed E-state index contributed by atoms with van der Waals surface area (Å²) in [5.74, 6) is 0. The third kappa shape index (κ3) is 4.29. The quantitative estimate of drug-likeness (QED) is 0.800. The van der Waals surface area contributed by atoms with E-state index in [-0.39, 0.29) is 0 Å². The van der Waals surface area contributed by atoms with Gasteiger partial charge in [0.25, 0.3) is 0 Å². The SMILES string of the molecule is CN1CCCCC1CCN1CC(OCc2ccccc2)C1. The zero-order chi connectivity index (χ0) is 14.5. The van der Waals surface area contributed by atoms with Gasteiger partial charge < -0.3 is 9.64 Å². The van der Waals surface area contributed by atoms with Gasteiger partial charge in [-0.2, -0.15) is 0 Å². The van der Waals surface area contributed by atoms with Gasteiger partial charge in [-0.05, 0) is 45.0 Å². The summed E-state index contributed by atoms with van der Waals surface area (Å²) in [6.07, 6.45) is 5.94. The highest BCUT2D eigenvalue weighted by molar-refractivity contribution is 5.13. The van der Waals surface area contributed by atoms with Crippen LogP contribution >= 0.6 is 0 Å². The Labute approximate surface area is 128 Å². The fraction of sp³-hybridized carbons (Fsp3) is 0.667. The van der Waals surface area contributed by atoms with Crippen molar-refractivity contribution in [2.24, 2.45) is 0 Å². The number of hydrogen-bond acceptors (Lipinski definition) is 3. The van der Waals surface area contributed by atoms with Gasteiger partial charge in [-0.1, -0.05) is 36.8 Å². The van der Waals surface area contributed by atoms with E-state index in [1.54, 1.807) is 0 Å². The second kappa shape index (κ2) is 7.39. The smallest absolute Gasteiger partial charge is 0.0833 e. The average molecular weight is 288 g/mol. The molecule has 0 radical (unpaired) electrons. The Morgan fingerprint density at radius 1 is 1.14 bits per heavy atom. The Kier molecular flexibility index (Phi) is 5.28. The lowest BCUT2D eigenvalue weighted by Crippen LogP contribution is -2.53. The van der Waals surface area contributed by atoms with Gasteiger partial charge >= 0.3 is 0 Å². The minimum atomic E-state index is 0.439. The summed E-state index contributed by atoms with van der Waals surface area (Å²) >= 11 is 0.